The minimum Gasteiger partial charge on any atom is -0.362 e. The fraction of sp³-hybridized carbons (Fsp3) is 0.188. The number of aryl methyl sites for hydroxylation is 1. The third-order valence-electron chi connectivity index (χ3n) is 3.41. The van der Waals surface area contributed by atoms with E-state index in [0.29, 0.717) is 17.0 Å². The molecule has 3 aromatic rings. The van der Waals surface area contributed by atoms with Crippen LogP contribution in [0.2, 0.25) is 0 Å². The number of rotatable bonds is 3. The van der Waals surface area contributed by atoms with Crippen molar-refractivity contribution in [3.63, 3.8) is 0 Å². The lowest BCUT2D eigenvalue weighted by atomic mass is 10.0. The van der Waals surface area contributed by atoms with E-state index >= 15 is 0 Å². The van der Waals surface area contributed by atoms with Crippen molar-refractivity contribution in [3.8, 4) is 11.1 Å². The van der Waals surface area contributed by atoms with Gasteiger partial charge < -0.3 is 5.32 Å². The number of fused-ring (bicyclic) bond motifs is 1. The highest BCUT2D eigenvalue weighted by Crippen LogP contribution is 2.35. The molecule has 0 amide bonds. The van der Waals surface area contributed by atoms with Crippen LogP contribution in [0.3, 0.4) is 0 Å². The topological polar surface area (TPSA) is 58.9 Å². The summed E-state index contributed by atoms with van der Waals surface area (Å²) in [5, 5.41) is 3.97. The maximum absolute atomic E-state index is 12.9. The van der Waals surface area contributed by atoms with Gasteiger partial charge in [0.05, 0.1) is 5.39 Å². The van der Waals surface area contributed by atoms with Crippen molar-refractivity contribution < 1.29 is 0 Å². The fourth-order valence-electron chi connectivity index (χ4n) is 2.44. The fourth-order valence-corrected chi connectivity index (χ4v) is 3.69. The molecule has 0 aliphatic heterocycles. The number of nitrogens with one attached hydrogen (secondary N) is 2. The molecule has 2 N–H and O–H groups in total. The molecule has 2 heterocycles. The van der Waals surface area contributed by atoms with Crippen LogP contribution in [0.15, 0.2) is 41.5 Å². The quantitative estimate of drug-likeness (QED) is 0.716. The molecule has 0 saturated heterocycles. The Labute approximate surface area is 143 Å². The molecule has 1 aromatic carbocycles. The number of hydrogen-bond acceptors (Lipinski definition) is 4. The van der Waals surface area contributed by atoms with Gasteiger partial charge >= 0.3 is 0 Å². The van der Waals surface area contributed by atoms with Gasteiger partial charge in [-0.25, -0.2) is 9.66 Å². The summed E-state index contributed by atoms with van der Waals surface area (Å²) in [5.74, 6) is 0. The lowest BCUT2D eigenvalue weighted by Crippen LogP contribution is -2.39. The van der Waals surface area contributed by atoms with E-state index < -0.39 is 0 Å². The summed E-state index contributed by atoms with van der Waals surface area (Å²) in [7, 11) is 0. The van der Waals surface area contributed by atoms with Gasteiger partial charge in [0.2, 0.25) is 0 Å². The molecule has 0 aliphatic rings. The van der Waals surface area contributed by atoms with Crippen LogP contribution in [0.4, 0.5) is 0 Å². The Morgan fingerprint density at radius 3 is 2.78 bits per heavy atom. The highest BCUT2D eigenvalue weighted by molar-refractivity contribution is 7.80. The van der Waals surface area contributed by atoms with Crippen LogP contribution in [-0.4, -0.2) is 21.3 Å². The van der Waals surface area contributed by atoms with Crippen molar-refractivity contribution in [2.24, 2.45) is 0 Å². The van der Waals surface area contributed by atoms with Crippen molar-refractivity contribution in [2.75, 3.05) is 12.0 Å². The van der Waals surface area contributed by atoms with Gasteiger partial charge in [0, 0.05) is 17.0 Å². The Kier molecular flexibility index (Phi) is 4.40. The Hall–Kier alpha value is -2.25. The van der Waals surface area contributed by atoms with Crippen LogP contribution >= 0.6 is 23.6 Å². The van der Waals surface area contributed by atoms with Gasteiger partial charge in [-0.1, -0.05) is 30.3 Å². The maximum Gasteiger partial charge on any atom is 0.281 e. The molecular formula is C16H16N4OS2. The third kappa shape index (κ3) is 2.97. The molecule has 0 radical (unpaired) electrons. The zero-order valence-electron chi connectivity index (χ0n) is 12.8. The Morgan fingerprint density at radius 2 is 2.09 bits per heavy atom. The number of thiocarbonyl (C=S) groups is 1. The summed E-state index contributed by atoms with van der Waals surface area (Å²) in [6, 6.07) is 9.89. The number of thiophene rings is 1. The smallest absolute Gasteiger partial charge is 0.281 e. The Bertz CT molecular complexity index is 915. The third-order valence-corrected chi connectivity index (χ3v) is 4.66. The van der Waals surface area contributed by atoms with E-state index in [2.05, 4.69) is 15.7 Å². The van der Waals surface area contributed by atoms with Gasteiger partial charge in [0.25, 0.3) is 5.56 Å². The largest absolute Gasteiger partial charge is 0.362 e. The molecule has 5 nitrogen and oxygen atoms in total. The monoisotopic (exact) mass is 344 g/mol. The minimum absolute atomic E-state index is 0.154. The summed E-state index contributed by atoms with van der Waals surface area (Å²) in [5.41, 5.74) is 4.66. The number of benzene rings is 1. The van der Waals surface area contributed by atoms with E-state index in [1.165, 1.54) is 22.3 Å². The van der Waals surface area contributed by atoms with E-state index in [-0.39, 0.29) is 5.56 Å². The first kappa shape index (κ1) is 15.6. The van der Waals surface area contributed by atoms with E-state index in [1.54, 1.807) is 0 Å². The molecule has 0 unspecified atom stereocenters. The molecule has 0 spiro atoms. The number of aromatic nitrogens is 2. The molecule has 23 heavy (non-hydrogen) atoms. The summed E-state index contributed by atoms with van der Waals surface area (Å²) >= 11 is 6.67. The molecule has 0 saturated carbocycles. The van der Waals surface area contributed by atoms with Crippen LogP contribution in [0.5, 0.6) is 0 Å². The van der Waals surface area contributed by atoms with Crippen LogP contribution < -0.4 is 16.3 Å². The normalized spacial score (nSPS) is 10.7. The zero-order valence-corrected chi connectivity index (χ0v) is 14.4. The van der Waals surface area contributed by atoms with Crippen molar-refractivity contribution in [2.45, 2.75) is 13.8 Å². The molecular weight excluding hydrogens is 328 g/mol. The van der Waals surface area contributed by atoms with Crippen molar-refractivity contribution in [1.29, 1.82) is 0 Å². The first-order valence-electron chi connectivity index (χ1n) is 7.23. The second-order valence-electron chi connectivity index (χ2n) is 4.97. The molecule has 3 rings (SSSR count). The van der Waals surface area contributed by atoms with Crippen molar-refractivity contribution >= 4 is 38.9 Å². The molecule has 0 aliphatic carbocycles. The van der Waals surface area contributed by atoms with Gasteiger partial charge in [-0.05, 0) is 31.6 Å². The van der Waals surface area contributed by atoms with Crippen molar-refractivity contribution in [3.05, 3.63) is 51.9 Å². The van der Waals surface area contributed by atoms with Gasteiger partial charge in [-0.15, -0.1) is 11.3 Å². The van der Waals surface area contributed by atoms with Crippen LogP contribution in [0.25, 0.3) is 21.3 Å². The average molecular weight is 344 g/mol. The van der Waals surface area contributed by atoms with Gasteiger partial charge in [0.1, 0.15) is 11.2 Å². The molecule has 0 atom stereocenters. The predicted octanol–water partition coefficient (Wildman–Crippen LogP) is 2.87. The van der Waals surface area contributed by atoms with Crippen molar-refractivity contribution in [1.82, 2.24) is 15.0 Å². The first-order valence-corrected chi connectivity index (χ1v) is 8.45. The predicted molar refractivity (Wildman–Crippen MR) is 99.7 cm³/mol. The average Bonchev–Trinajstić information content (AvgIpc) is 2.88. The molecule has 2 aromatic heterocycles. The molecule has 0 fully saturated rings. The van der Waals surface area contributed by atoms with Gasteiger partial charge in [-0.2, -0.15) is 0 Å². The summed E-state index contributed by atoms with van der Waals surface area (Å²) in [4.78, 5) is 19.1. The van der Waals surface area contributed by atoms with E-state index in [0.717, 1.165) is 20.8 Å². The van der Waals surface area contributed by atoms with E-state index in [4.69, 9.17) is 12.2 Å². The summed E-state index contributed by atoms with van der Waals surface area (Å²) in [6.07, 6.45) is 1.47. The number of hydrogen-bond donors (Lipinski definition) is 2. The van der Waals surface area contributed by atoms with Gasteiger partial charge in [-0.3, -0.25) is 10.2 Å². The Morgan fingerprint density at radius 1 is 1.35 bits per heavy atom. The zero-order chi connectivity index (χ0) is 16.4. The summed E-state index contributed by atoms with van der Waals surface area (Å²) < 4.78 is 1.33. The SMILES string of the molecule is CCNC(=S)Nn1cnc2sc(C)c(-c3ccccc3)c2c1=O. The maximum atomic E-state index is 12.9. The first-order chi connectivity index (χ1) is 11.1. The molecule has 118 valence electrons. The summed E-state index contributed by atoms with van der Waals surface area (Å²) in [6.45, 7) is 4.63. The molecule has 0 bridgehead atoms. The Balaban J connectivity index is 2.17. The minimum atomic E-state index is -0.154. The second-order valence-corrected chi connectivity index (χ2v) is 6.58. The van der Waals surface area contributed by atoms with E-state index in [1.807, 2.05) is 44.2 Å². The number of nitrogens with zero attached hydrogens (tertiary/aromatic N) is 2. The standard InChI is InChI=1S/C16H16N4OS2/c1-3-17-16(22)19-20-9-18-14-13(15(20)21)12(10(2)23-14)11-7-5-4-6-8-11/h4-9H,3H2,1-2H3,(H2,17,19,22). The lowest BCUT2D eigenvalue weighted by molar-refractivity contribution is 0.869. The second kappa shape index (κ2) is 6.47. The van der Waals surface area contributed by atoms with Crippen LogP contribution in [0.1, 0.15) is 11.8 Å². The highest BCUT2D eigenvalue weighted by atomic mass is 32.1. The highest BCUT2D eigenvalue weighted by Gasteiger charge is 2.16. The van der Waals surface area contributed by atoms with Crippen LogP contribution in [-0.2, 0) is 0 Å². The van der Waals surface area contributed by atoms with Gasteiger partial charge in [0.15, 0.2) is 5.11 Å². The molecule has 7 heteroatoms. The van der Waals surface area contributed by atoms with E-state index in [9.17, 15) is 4.79 Å². The lowest BCUT2D eigenvalue weighted by Gasteiger charge is -2.10. The van der Waals surface area contributed by atoms with Crippen LogP contribution in [0, 0.1) is 6.92 Å².